The summed E-state index contributed by atoms with van der Waals surface area (Å²) in [6.45, 7) is 0. The molecule has 0 saturated heterocycles. The van der Waals surface area contributed by atoms with Crippen LogP contribution < -0.4 is 0 Å². The first-order valence-electron chi connectivity index (χ1n) is 4.83. The Morgan fingerprint density at radius 3 is 2.93 bits per heavy atom. The molecule has 5 nitrogen and oxygen atoms in total. The number of rotatable bonds is 2. The molecule has 0 unspecified atom stereocenters. The number of aromatic carboxylic acids is 1. The quantitative estimate of drug-likeness (QED) is 0.798. The van der Waals surface area contributed by atoms with Crippen LogP contribution in [0.3, 0.4) is 0 Å². The van der Waals surface area contributed by atoms with Gasteiger partial charge in [-0.05, 0) is 25.0 Å². The third-order valence-electron chi connectivity index (χ3n) is 2.55. The second kappa shape index (κ2) is 2.79. The third-order valence-corrected chi connectivity index (χ3v) is 2.55. The molecule has 0 atom stereocenters. The van der Waals surface area contributed by atoms with E-state index in [1.165, 1.54) is 23.4 Å². The molecule has 2 aromatic heterocycles. The van der Waals surface area contributed by atoms with E-state index in [9.17, 15) is 4.79 Å². The molecule has 1 N–H and O–H groups in total. The first-order valence-corrected chi connectivity index (χ1v) is 4.83. The first kappa shape index (κ1) is 8.40. The average Bonchev–Trinajstić information content (AvgIpc) is 2.97. The maximum atomic E-state index is 10.7. The molecule has 0 bridgehead atoms. The van der Waals surface area contributed by atoms with Gasteiger partial charge in [-0.3, -0.25) is 0 Å². The van der Waals surface area contributed by atoms with Crippen LogP contribution in [0.4, 0.5) is 0 Å². The van der Waals surface area contributed by atoms with Crippen molar-refractivity contribution in [2.45, 2.75) is 18.8 Å². The van der Waals surface area contributed by atoms with E-state index in [2.05, 4.69) is 10.1 Å². The molecule has 0 aliphatic heterocycles. The molecule has 0 aromatic carbocycles. The van der Waals surface area contributed by atoms with Gasteiger partial charge in [-0.2, -0.15) is 5.10 Å². The van der Waals surface area contributed by atoms with Crippen LogP contribution in [0.5, 0.6) is 0 Å². The molecular weight excluding hydrogens is 194 g/mol. The van der Waals surface area contributed by atoms with E-state index in [0.717, 1.165) is 5.69 Å². The summed E-state index contributed by atoms with van der Waals surface area (Å²) in [6.07, 6.45) is 4.17. The normalized spacial score (nSPS) is 15.7. The fraction of sp³-hybridized carbons (Fsp3) is 0.300. The van der Waals surface area contributed by atoms with Gasteiger partial charge in [0, 0.05) is 5.92 Å². The Hall–Kier alpha value is -1.91. The van der Waals surface area contributed by atoms with E-state index in [4.69, 9.17) is 5.11 Å². The van der Waals surface area contributed by atoms with Gasteiger partial charge < -0.3 is 5.11 Å². The minimum absolute atomic E-state index is 0.0437. The SMILES string of the molecule is O=C(O)c1ccc2nc(C3CC3)cn2n1. The molecule has 1 aliphatic carbocycles. The Kier molecular flexibility index (Phi) is 1.56. The van der Waals surface area contributed by atoms with Crippen molar-refractivity contribution in [3.63, 3.8) is 0 Å². The monoisotopic (exact) mass is 203 g/mol. The fourth-order valence-electron chi connectivity index (χ4n) is 1.59. The number of imidazole rings is 1. The highest BCUT2D eigenvalue weighted by Gasteiger charge is 2.26. The summed E-state index contributed by atoms with van der Waals surface area (Å²) < 4.78 is 1.54. The van der Waals surface area contributed by atoms with E-state index < -0.39 is 5.97 Å². The van der Waals surface area contributed by atoms with Gasteiger partial charge in [0.25, 0.3) is 0 Å². The van der Waals surface area contributed by atoms with Gasteiger partial charge >= 0.3 is 5.97 Å². The zero-order chi connectivity index (χ0) is 10.4. The molecular formula is C10H9N3O2. The van der Waals surface area contributed by atoms with Crippen molar-refractivity contribution in [1.82, 2.24) is 14.6 Å². The Labute approximate surface area is 85.4 Å². The predicted octanol–water partition coefficient (Wildman–Crippen LogP) is 1.30. The van der Waals surface area contributed by atoms with Crippen molar-refractivity contribution in [3.05, 3.63) is 29.7 Å². The highest BCUT2D eigenvalue weighted by molar-refractivity contribution is 5.85. The number of carboxylic acids is 1. The van der Waals surface area contributed by atoms with Crippen molar-refractivity contribution in [2.24, 2.45) is 0 Å². The molecule has 1 fully saturated rings. The topological polar surface area (TPSA) is 67.5 Å². The predicted molar refractivity (Wildman–Crippen MR) is 51.9 cm³/mol. The number of aromatic nitrogens is 3. The molecule has 2 heterocycles. The zero-order valence-electron chi connectivity index (χ0n) is 7.92. The first-order chi connectivity index (χ1) is 7.24. The molecule has 5 heteroatoms. The van der Waals surface area contributed by atoms with E-state index in [-0.39, 0.29) is 5.69 Å². The van der Waals surface area contributed by atoms with Gasteiger partial charge in [-0.25, -0.2) is 14.3 Å². The number of hydrogen-bond acceptors (Lipinski definition) is 3. The van der Waals surface area contributed by atoms with Gasteiger partial charge in [0.1, 0.15) is 0 Å². The van der Waals surface area contributed by atoms with E-state index >= 15 is 0 Å². The summed E-state index contributed by atoms with van der Waals surface area (Å²) in [6, 6.07) is 3.16. The maximum Gasteiger partial charge on any atom is 0.356 e. The van der Waals surface area contributed by atoms with Crippen molar-refractivity contribution >= 4 is 11.6 Å². The van der Waals surface area contributed by atoms with Crippen LogP contribution in [0.25, 0.3) is 5.65 Å². The Bertz CT molecular complexity index is 543. The molecule has 1 saturated carbocycles. The van der Waals surface area contributed by atoms with Crippen LogP contribution in [-0.4, -0.2) is 25.7 Å². The Morgan fingerprint density at radius 2 is 2.27 bits per heavy atom. The zero-order valence-corrected chi connectivity index (χ0v) is 7.92. The van der Waals surface area contributed by atoms with E-state index in [1.807, 2.05) is 6.20 Å². The highest BCUT2D eigenvalue weighted by atomic mass is 16.4. The minimum atomic E-state index is -1.02. The third kappa shape index (κ3) is 1.36. The molecule has 1 aliphatic rings. The van der Waals surface area contributed by atoms with Gasteiger partial charge in [-0.1, -0.05) is 0 Å². The maximum absolute atomic E-state index is 10.7. The van der Waals surface area contributed by atoms with Crippen molar-refractivity contribution in [3.8, 4) is 0 Å². The number of nitrogens with zero attached hydrogens (tertiary/aromatic N) is 3. The van der Waals surface area contributed by atoms with Crippen molar-refractivity contribution in [2.75, 3.05) is 0 Å². The lowest BCUT2D eigenvalue weighted by Crippen LogP contribution is -2.03. The summed E-state index contributed by atoms with van der Waals surface area (Å²) >= 11 is 0. The summed E-state index contributed by atoms with van der Waals surface area (Å²) in [5.74, 6) is -0.460. The summed E-state index contributed by atoms with van der Waals surface area (Å²) in [7, 11) is 0. The lowest BCUT2D eigenvalue weighted by molar-refractivity contribution is 0.0689. The molecule has 0 amide bonds. The fourth-order valence-corrected chi connectivity index (χ4v) is 1.59. The molecule has 2 aromatic rings. The summed E-state index contributed by atoms with van der Waals surface area (Å²) in [4.78, 5) is 15.1. The molecule has 76 valence electrons. The van der Waals surface area contributed by atoms with E-state index in [1.54, 1.807) is 6.07 Å². The standard InChI is InChI=1S/C10H9N3O2/c14-10(15)7-3-4-9-11-8(6-1-2-6)5-13(9)12-7/h3-6H,1-2H2,(H,14,15). The van der Waals surface area contributed by atoms with Gasteiger partial charge in [0.05, 0.1) is 11.9 Å². The van der Waals surface area contributed by atoms with Crippen molar-refractivity contribution in [1.29, 1.82) is 0 Å². The Morgan fingerprint density at radius 1 is 1.47 bits per heavy atom. The smallest absolute Gasteiger partial charge is 0.356 e. The number of fused-ring (bicyclic) bond motifs is 1. The molecule has 0 spiro atoms. The second-order valence-electron chi connectivity index (χ2n) is 3.77. The van der Waals surface area contributed by atoms with Crippen LogP contribution in [-0.2, 0) is 0 Å². The lowest BCUT2D eigenvalue weighted by atomic mass is 10.3. The largest absolute Gasteiger partial charge is 0.476 e. The molecule has 0 radical (unpaired) electrons. The summed E-state index contributed by atoms with van der Waals surface area (Å²) in [5.41, 5.74) is 1.77. The number of hydrogen-bond donors (Lipinski definition) is 1. The van der Waals surface area contributed by atoms with Crippen LogP contribution >= 0.6 is 0 Å². The second-order valence-corrected chi connectivity index (χ2v) is 3.77. The number of carboxylic acid groups (broad SMARTS) is 1. The van der Waals surface area contributed by atoms with Crippen molar-refractivity contribution < 1.29 is 9.90 Å². The van der Waals surface area contributed by atoms with Crippen LogP contribution in [0, 0.1) is 0 Å². The minimum Gasteiger partial charge on any atom is -0.476 e. The van der Waals surface area contributed by atoms with Gasteiger partial charge in [0.2, 0.25) is 0 Å². The molecule has 3 rings (SSSR count). The number of carbonyl (C=O) groups is 1. The molecule has 15 heavy (non-hydrogen) atoms. The van der Waals surface area contributed by atoms with Crippen LogP contribution in [0.1, 0.15) is 34.9 Å². The van der Waals surface area contributed by atoms with Crippen LogP contribution in [0.15, 0.2) is 18.3 Å². The Balaban J connectivity index is 2.13. The van der Waals surface area contributed by atoms with Crippen LogP contribution in [0.2, 0.25) is 0 Å². The highest BCUT2D eigenvalue weighted by Crippen LogP contribution is 2.39. The van der Waals surface area contributed by atoms with E-state index in [0.29, 0.717) is 11.6 Å². The lowest BCUT2D eigenvalue weighted by Gasteiger charge is -1.93. The summed E-state index contributed by atoms with van der Waals surface area (Å²) in [5, 5.41) is 12.7. The average molecular weight is 203 g/mol. The van der Waals surface area contributed by atoms with Gasteiger partial charge in [0.15, 0.2) is 11.3 Å². The van der Waals surface area contributed by atoms with Gasteiger partial charge in [-0.15, -0.1) is 0 Å².